The van der Waals surface area contributed by atoms with E-state index in [2.05, 4.69) is 22.5 Å². The number of likely N-dealkylation sites (tertiary alicyclic amines) is 1. The average Bonchev–Trinajstić information content (AvgIpc) is 3.50. The number of carboxylic acids is 2. The number of allylic oxidation sites excluding steroid dienone is 1. The van der Waals surface area contributed by atoms with E-state index in [-0.39, 0.29) is 22.2 Å². The zero-order valence-electron chi connectivity index (χ0n) is 21.7. The van der Waals surface area contributed by atoms with Crippen LogP contribution in [0.1, 0.15) is 32.4 Å². The van der Waals surface area contributed by atoms with Gasteiger partial charge in [0.15, 0.2) is 10.8 Å². The first kappa shape index (κ1) is 28.6. The van der Waals surface area contributed by atoms with Crippen LogP contribution in [-0.2, 0) is 24.0 Å². The summed E-state index contributed by atoms with van der Waals surface area (Å²) in [5.41, 5.74) is 3.86. The lowest BCUT2D eigenvalue weighted by Crippen LogP contribution is -2.71. The summed E-state index contributed by atoms with van der Waals surface area (Å²) >= 11 is 2.35. The fraction of sp³-hybridized carbons (Fsp3) is 0.500. The monoisotopic (exact) mass is 578 g/mol. The Morgan fingerprint density at radius 3 is 2.67 bits per heavy atom. The second-order valence-corrected chi connectivity index (χ2v) is 12.3. The summed E-state index contributed by atoms with van der Waals surface area (Å²) in [6.45, 7) is 5.40. The molecule has 2 atom stereocenters. The molecule has 3 aliphatic rings. The van der Waals surface area contributed by atoms with Crippen LogP contribution in [0.2, 0.25) is 0 Å². The third-order valence-corrected chi connectivity index (χ3v) is 8.82. The van der Waals surface area contributed by atoms with E-state index in [1.807, 2.05) is 6.08 Å². The molecule has 0 aliphatic carbocycles. The minimum Gasteiger partial charge on any atom is -0.543 e. The van der Waals surface area contributed by atoms with E-state index >= 15 is 0 Å². The number of fused-ring (bicyclic) bond motifs is 1. The number of quaternary nitrogens is 1. The predicted molar refractivity (Wildman–Crippen MR) is 142 cm³/mol. The van der Waals surface area contributed by atoms with Crippen LogP contribution >= 0.6 is 23.1 Å². The number of amides is 2. The number of thioether (sulfide) groups is 1. The first-order valence-electron chi connectivity index (χ1n) is 12.2. The Hall–Kier alpha value is -3.43. The molecule has 2 fully saturated rings. The number of hydrogen-bond donors (Lipinski definition) is 3. The van der Waals surface area contributed by atoms with E-state index < -0.39 is 40.8 Å². The molecule has 1 unspecified atom stereocenters. The fourth-order valence-electron chi connectivity index (χ4n) is 4.50. The van der Waals surface area contributed by atoms with Crippen LogP contribution < -0.4 is 16.2 Å². The zero-order chi connectivity index (χ0) is 28.5. The van der Waals surface area contributed by atoms with Gasteiger partial charge in [-0.05, 0) is 25.5 Å². The van der Waals surface area contributed by atoms with Crippen molar-refractivity contribution in [2.45, 2.75) is 43.7 Å². The first-order valence-corrected chi connectivity index (χ1v) is 14.2. The lowest BCUT2D eigenvalue weighted by molar-refractivity contribution is -0.891. The second-order valence-electron chi connectivity index (χ2n) is 10.3. The van der Waals surface area contributed by atoms with Crippen LogP contribution in [-0.4, -0.2) is 98.4 Å². The maximum absolute atomic E-state index is 13.2. The summed E-state index contributed by atoms with van der Waals surface area (Å²) in [7, 11) is 2.16. The molecule has 0 bridgehead atoms. The molecule has 4 rings (SSSR count). The molecule has 4 N–H and O–H groups in total. The SMILES string of the molecule is CC(C)(O/N=C(\C(=O)NC1C(=O)N2C(C(=O)[O-])=C(/C=C/C[N+]3(C)CCCC3)CS[C@H]12)c1csc(N)n1)C(=O)O. The molecule has 3 aliphatic heterocycles. The van der Waals surface area contributed by atoms with E-state index in [0.29, 0.717) is 11.3 Å². The Kier molecular flexibility index (Phi) is 8.04. The summed E-state index contributed by atoms with van der Waals surface area (Å²) in [5, 5.41) is 28.5. The number of β-lactam (4-membered cyclic amide) rings is 1. The molecule has 13 nitrogen and oxygen atoms in total. The second kappa shape index (κ2) is 11.0. The average molecular weight is 579 g/mol. The molecule has 15 heteroatoms. The van der Waals surface area contributed by atoms with Crippen molar-refractivity contribution < 1.29 is 38.7 Å². The summed E-state index contributed by atoms with van der Waals surface area (Å²) < 4.78 is 0.888. The van der Waals surface area contributed by atoms with Crippen LogP contribution in [0, 0.1) is 0 Å². The highest BCUT2D eigenvalue weighted by Crippen LogP contribution is 2.40. The Morgan fingerprint density at radius 2 is 2.08 bits per heavy atom. The predicted octanol–water partition coefficient (Wildman–Crippen LogP) is -0.490. The van der Waals surface area contributed by atoms with E-state index in [9.17, 15) is 29.4 Å². The summed E-state index contributed by atoms with van der Waals surface area (Å²) in [6.07, 6.45) is 6.01. The van der Waals surface area contributed by atoms with Crippen LogP contribution in [0.25, 0.3) is 0 Å². The van der Waals surface area contributed by atoms with Crippen LogP contribution in [0.4, 0.5) is 5.13 Å². The molecular weight excluding hydrogens is 548 g/mol. The molecular formula is C24H30N6O7S2. The first-order chi connectivity index (χ1) is 18.3. The number of rotatable bonds is 10. The minimum atomic E-state index is -1.75. The van der Waals surface area contributed by atoms with Crippen LogP contribution in [0.5, 0.6) is 0 Å². The number of carboxylic acid groups (broad SMARTS) is 2. The number of aliphatic carboxylic acids is 2. The number of nitrogen functional groups attached to an aromatic ring is 1. The number of aromatic nitrogens is 1. The van der Waals surface area contributed by atoms with Gasteiger partial charge in [-0.2, -0.15) is 0 Å². The third kappa shape index (κ3) is 5.94. The number of likely N-dealkylation sites (N-methyl/N-ethyl adjacent to an activating group) is 1. The standard InChI is InChI=1S/C24H30N6O7S2/c1-24(2,22(35)36)37-28-15(14-12-39-23(25)26-14)18(31)27-16-19(32)29-17(21(33)34)13(11-38-20(16)29)7-6-10-30(3)8-4-5-9-30/h6-7,12,16,20H,4-5,8-11H2,1-3H3,(H4-,25,26,27,31,33,34,35,36)/b7-6+,28-15-/t16?,20-/m1/s1. The van der Waals surface area contributed by atoms with Gasteiger partial charge in [0.05, 0.1) is 38.3 Å². The fourth-order valence-corrected chi connectivity index (χ4v) is 6.37. The van der Waals surface area contributed by atoms with E-state index in [0.717, 1.165) is 53.2 Å². The number of nitrogens with one attached hydrogen (secondary N) is 1. The van der Waals surface area contributed by atoms with Gasteiger partial charge in [0, 0.05) is 24.0 Å². The van der Waals surface area contributed by atoms with Crippen molar-refractivity contribution in [1.29, 1.82) is 0 Å². The number of carbonyl (C=O) groups excluding carboxylic acids is 3. The maximum atomic E-state index is 13.2. The topological polar surface area (TPSA) is 187 Å². The molecule has 4 heterocycles. The number of anilines is 1. The Bertz CT molecular complexity index is 1280. The summed E-state index contributed by atoms with van der Waals surface area (Å²) in [4.78, 5) is 59.9. The molecule has 0 aromatic carbocycles. The number of nitrogens with two attached hydrogens (primary N) is 1. The highest BCUT2D eigenvalue weighted by atomic mass is 32.2. The van der Waals surface area contributed by atoms with Crippen LogP contribution in [0.3, 0.4) is 0 Å². The van der Waals surface area contributed by atoms with Crippen molar-refractivity contribution in [3.63, 3.8) is 0 Å². The van der Waals surface area contributed by atoms with Gasteiger partial charge in [-0.15, -0.1) is 23.1 Å². The molecule has 210 valence electrons. The van der Waals surface area contributed by atoms with Gasteiger partial charge in [-0.1, -0.05) is 11.2 Å². The van der Waals surface area contributed by atoms with Gasteiger partial charge in [0.1, 0.15) is 17.1 Å². The molecule has 1 aromatic heterocycles. The van der Waals surface area contributed by atoms with Crippen molar-refractivity contribution in [2.24, 2.45) is 5.16 Å². The quantitative estimate of drug-likeness (QED) is 0.141. The number of carbonyl (C=O) groups is 4. The smallest absolute Gasteiger partial charge is 0.350 e. The van der Waals surface area contributed by atoms with Gasteiger partial charge in [0.2, 0.25) is 5.60 Å². The van der Waals surface area contributed by atoms with Crippen molar-refractivity contribution >= 4 is 57.7 Å². The Morgan fingerprint density at radius 1 is 1.38 bits per heavy atom. The largest absolute Gasteiger partial charge is 0.543 e. The molecule has 0 saturated carbocycles. The minimum absolute atomic E-state index is 0.0354. The number of hydrogen-bond acceptors (Lipinski definition) is 11. The summed E-state index contributed by atoms with van der Waals surface area (Å²) in [5.74, 6) is -3.94. The van der Waals surface area contributed by atoms with E-state index in [1.165, 1.54) is 31.0 Å². The summed E-state index contributed by atoms with van der Waals surface area (Å²) in [6, 6.07) is -1.05. The lowest BCUT2D eigenvalue weighted by atomic mass is 10.0. The van der Waals surface area contributed by atoms with Crippen molar-refractivity contribution in [2.75, 3.05) is 38.2 Å². The number of nitrogens with zero attached hydrogens (tertiary/aromatic N) is 4. The normalized spacial score (nSPS) is 23.0. The molecule has 1 aromatic rings. The van der Waals surface area contributed by atoms with E-state index in [1.54, 1.807) is 6.08 Å². The number of thiazole rings is 1. The maximum Gasteiger partial charge on any atom is 0.350 e. The van der Waals surface area contributed by atoms with Gasteiger partial charge >= 0.3 is 5.97 Å². The Labute approximate surface area is 232 Å². The lowest BCUT2D eigenvalue weighted by Gasteiger charge is -2.50. The molecule has 2 amide bonds. The molecule has 0 spiro atoms. The Balaban J connectivity index is 1.51. The van der Waals surface area contributed by atoms with Crippen LogP contribution in [0.15, 0.2) is 34.0 Å². The highest BCUT2D eigenvalue weighted by molar-refractivity contribution is 8.00. The zero-order valence-corrected chi connectivity index (χ0v) is 23.3. The van der Waals surface area contributed by atoms with Gasteiger partial charge < -0.3 is 35.4 Å². The van der Waals surface area contributed by atoms with Gasteiger partial charge in [0.25, 0.3) is 11.8 Å². The van der Waals surface area contributed by atoms with Gasteiger partial charge in [-0.3, -0.25) is 14.5 Å². The highest BCUT2D eigenvalue weighted by Gasteiger charge is 2.53. The third-order valence-electron chi connectivity index (χ3n) is 6.85. The van der Waals surface area contributed by atoms with Gasteiger partial charge in [-0.25, -0.2) is 9.78 Å². The molecule has 2 saturated heterocycles. The van der Waals surface area contributed by atoms with Crippen molar-refractivity contribution in [1.82, 2.24) is 15.2 Å². The molecule has 0 radical (unpaired) electrons. The van der Waals surface area contributed by atoms with Crippen molar-refractivity contribution in [3.8, 4) is 0 Å². The number of oxime groups is 1. The van der Waals surface area contributed by atoms with Crippen molar-refractivity contribution in [3.05, 3.63) is 34.5 Å². The molecule has 39 heavy (non-hydrogen) atoms. The van der Waals surface area contributed by atoms with E-state index in [4.69, 9.17) is 10.6 Å².